The first kappa shape index (κ1) is 13.0. The van der Waals surface area contributed by atoms with Crippen LogP contribution >= 0.6 is 11.3 Å². The predicted octanol–water partition coefficient (Wildman–Crippen LogP) is 4.32. The molecule has 4 heteroatoms. The lowest BCUT2D eigenvalue weighted by Gasteiger charge is -2.06. The first-order valence-electron chi connectivity index (χ1n) is 6.96. The number of para-hydroxylation sites is 1. The summed E-state index contributed by atoms with van der Waals surface area (Å²) in [5.41, 5.74) is 2.33. The summed E-state index contributed by atoms with van der Waals surface area (Å²) in [6, 6.07) is 21.2. The van der Waals surface area contributed by atoms with Crippen molar-refractivity contribution in [3.63, 3.8) is 0 Å². The largest absolute Gasteiger partial charge is 0.286 e. The molecule has 106 valence electrons. The van der Waals surface area contributed by atoms with Crippen molar-refractivity contribution in [1.29, 1.82) is 0 Å². The summed E-state index contributed by atoms with van der Waals surface area (Å²) in [6.07, 6.45) is 0. The molecule has 0 amide bonds. The minimum Gasteiger partial charge on any atom is -0.286 e. The van der Waals surface area contributed by atoms with Crippen LogP contribution in [0, 0.1) is 0 Å². The molecule has 2 aromatic heterocycles. The van der Waals surface area contributed by atoms with Crippen molar-refractivity contribution in [2.75, 3.05) is 0 Å². The highest BCUT2D eigenvalue weighted by Crippen LogP contribution is 2.25. The van der Waals surface area contributed by atoms with Gasteiger partial charge in [-0.2, -0.15) is 5.10 Å². The Bertz CT molecular complexity index is 940. The predicted molar refractivity (Wildman–Crippen MR) is 88.8 cm³/mol. The van der Waals surface area contributed by atoms with Gasteiger partial charge in [-0.05, 0) is 29.6 Å². The average Bonchev–Trinajstić information content (AvgIpc) is 3.23. The number of nitrogens with zero attached hydrogens (tertiary/aromatic N) is 2. The molecule has 0 aliphatic rings. The van der Waals surface area contributed by atoms with E-state index in [2.05, 4.69) is 5.10 Å². The molecule has 4 rings (SSSR count). The molecule has 2 heterocycles. The van der Waals surface area contributed by atoms with E-state index in [4.69, 9.17) is 0 Å². The summed E-state index contributed by atoms with van der Waals surface area (Å²) in [5, 5.41) is 7.41. The molecule has 22 heavy (non-hydrogen) atoms. The zero-order chi connectivity index (χ0) is 14.9. The van der Waals surface area contributed by atoms with E-state index in [1.807, 2.05) is 72.1 Å². The summed E-state index contributed by atoms with van der Waals surface area (Å²) in [5.74, 6) is 0.00699. The lowest BCUT2D eigenvalue weighted by atomic mass is 10.1. The van der Waals surface area contributed by atoms with Crippen molar-refractivity contribution in [3.05, 3.63) is 82.7 Å². The van der Waals surface area contributed by atoms with Crippen molar-refractivity contribution < 1.29 is 4.79 Å². The van der Waals surface area contributed by atoms with Crippen LogP contribution in [0.4, 0.5) is 0 Å². The van der Waals surface area contributed by atoms with Gasteiger partial charge in [0.2, 0.25) is 5.78 Å². The highest BCUT2D eigenvalue weighted by molar-refractivity contribution is 7.12. The Morgan fingerprint density at radius 3 is 2.45 bits per heavy atom. The van der Waals surface area contributed by atoms with Gasteiger partial charge in [-0.15, -0.1) is 11.3 Å². The normalized spacial score (nSPS) is 10.9. The van der Waals surface area contributed by atoms with Gasteiger partial charge in [0, 0.05) is 5.39 Å². The molecule has 0 saturated carbocycles. The minimum atomic E-state index is 0.00699. The van der Waals surface area contributed by atoms with Crippen LogP contribution in [-0.4, -0.2) is 15.6 Å². The molecule has 2 aromatic carbocycles. The SMILES string of the molecule is O=C(c1cccs1)c1c2ccccc2nn1-c1ccccc1. The Labute approximate surface area is 131 Å². The van der Waals surface area contributed by atoms with Gasteiger partial charge in [-0.1, -0.05) is 42.5 Å². The van der Waals surface area contributed by atoms with Gasteiger partial charge in [0.25, 0.3) is 0 Å². The molecule has 4 aromatic rings. The zero-order valence-electron chi connectivity index (χ0n) is 11.6. The Kier molecular flexibility index (Phi) is 3.09. The first-order valence-corrected chi connectivity index (χ1v) is 7.84. The Morgan fingerprint density at radius 2 is 1.68 bits per heavy atom. The van der Waals surface area contributed by atoms with E-state index >= 15 is 0 Å². The summed E-state index contributed by atoms with van der Waals surface area (Å²) < 4.78 is 1.74. The molecule has 0 fully saturated rings. The Morgan fingerprint density at radius 1 is 0.909 bits per heavy atom. The number of thiophene rings is 1. The maximum absolute atomic E-state index is 12.9. The van der Waals surface area contributed by atoms with Crippen LogP contribution in [0.1, 0.15) is 15.4 Å². The van der Waals surface area contributed by atoms with Crippen LogP contribution < -0.4 is 0 Å². The molecule has 0 atom stereocenters. The van der Waals surface area contributed by atoms with E-state index in [1.54, 1.807) is 4.68 Å². The fourth-order valence-electron chi connectivity index (χ4n) is 2.53. The van der Waals surface area contributed by atoms with Crippen LogP contribution in [0.25, 0.3) is 16.6 Å². The molecule has 0 N–H and O–H groups in total. The smallest absolute Gasteiger partial charge is 0.222 e. The lowest BCUT2D eigenvalue weighted by molar-refractivity contribution is 0.103. The standard InChI is InChI=1S/C18H12N2OS/c21-18(16-11-6-12-22-16)17-14-9-4-5-10-15(14)19-20(17)13-7-2-1-3-8-13/h1-12H. The minimum absolute atomic E-state index is 0.00699. The number of aromatic nitrogens is 2. The number of fused-ring (bicyclic) bond motifs is 1. The fraction of sp³-hybridized carbons (Fsp3) is 0. The van der Waals surface area contributed by atoms with Crippen molar-refractivity contribution in [1.82, 2.24) is 9.78 Å². The maximum atomic E-state index is 12.9. The third kappa shape index (κ3) is 2.05. The highest BCUT2D eigenvalue weighted by atomic mass is 32.1. The van der Waals surface area contributed by atoms with Crippen molar-refractivity contribution >= 4 is 28.0 Å². The van der Waals surface area contributed by atoms with E-state index < -0.39 is 0 Å². The quantitative estimate of drug-likeness (QED) is 0.528. The van der Waals surface area contributed by atoms with Crippen molar-refractivity contribution in [2.24, 2.45) is 0 Å². The van der Waals surface area contributed by atoms with Crippen molar-refractivity contribution in [2.45, 2.75) is 0 Å². The monoisotopic (exact) mass is 304 g/mol. The van der Waals surface area contributed by atoms with Crippen LogP contribution in [-0.2, 0) is 0 Å². The molecular weight excluding hydrogens is 292 g/mol. The average molecular weight is 304 g/mol. The molecular formula is C18H12N2OS. The molecule has 3 nitrogen and oxygen atoms in total. The van der Waals surface area contributed by atoms with Crippen molar-refractivity contribution in [3.8, 4) is 5.69 Å². The summed E-state index contributed by atoms with van der Waals surface area (Å²) in [4.78, 5) is 13.7. The second-order valence-corrected chi connectivity index (χ2v) is 5.87. The van der Waals surface area contributed by atoms with E-state index in [0.29, 0.717) is 5.69 Å². The maximum Gasteiger partial charge on any atom is 0.222 e. The van der Waals surface area contributed by atoms with Crippen LogP contribution in [0.3, 0.4) is 0 Å². The Balaban J connectivity index is 2.01. The fourth-order valence-corrected chi connectivity index (χ4v) is 3.20. The number of carbonyl (C=O) groups is 1. The molecule has 0 spiro atoms. The van der Waals surface area contributed by atoms with Gasteiger partial charge in [0.05, 0.1) is 16.1 Å². The summed E-state index contributed by atoms with van der Waals surface area (Å²) in [6.45, 7) is 0. The first-order chi connectivity index (χ1) is 10.8. The molecule has 0 bridgehead atoms. The van der Waals surface area contributed by atoms with Gasteiger partial charge in [0.15, 0.2) is 0 Å². The van der Waals surface area contributed by atoms with Gasteiger partial charge in [-0.25, -0.2) is 4.68 Å². The second-order valence-electron chi connectivity index (χ2n) is 4.92. The van der Waals surface area contributed by atoms with Gasteiger partial charge < -0.3 is 0 Å². The molecule has 0 aliphatic heterocycles. The van der Waals surface area contributed by atoms with Crippen LogP contribution in [0.15, 0.2) is 72.1 Å². The topological polar surface area (TPSA) is 34.9 Å². The van der Waals surface area contributed by atoms with E-state index in [-0.39, 0.29) is 5.78 Å². The summed E-state index contributed by atoms with van der Waals surface area (Å²) in [7, 11) is 0. The molecule has 0 aliphatic carbocycles. The van der Waals surface area contributed by atoms with Gasteiger partial charge in [0.1, 0.15) is 5.69 Å². The number of carbonyl (C=O) groups excluding carboxylic acids is 1. The number of benzene rings is 2. The molecule has 0 radical (unpaired) electrons. The highest BCUT2D eigenvalue weighted by Gasteiger charge is 2.21. The van der Waals surface area contributed by atoms with Crippen LogP contribution in [0.2, 0.25) is 0 Å². The van der Waals surface area contributed by atoms with E-state index in [9.17, 15) is 4.79 Å². The second kappa shape index (κ2) is 5.24. The molecule has 0 unspecified atom stereocenters. The van der Waals surface area contributed by atoms with Gasteiger partial charge >= 0.3 is 0 Å². The number of rotatable bonds is 3. The van der Waals surface area contributed by atoms with E-state index in [0.717, 1.165) is 21.5 Å². The number of hydrogen-bond donors (Lipinski definition) is 0. The Hall–Kier alpha value is -2.72. The molecule has 0 saturated heterocycles. The van der Waals surface area contributed by atoms with Crippen LogP contribution in [0.5, 0.6) is 0 Å². The zero-order valence-corrected chi connectivity index (χ0v) is 12.5. The lowest BCUT2D eigenvalue weighted by Crippen LogP contribution is -2.09. The van der Waals surface area contributed by atoms with E-state index in [1.165, 1.54) is 11.3 Å². The third-order valence-electron chi connectivity index (χ3n) is 3.54. The number of hydrogen-bond acceptors (Lipinski definition) is 3. The summed E-state index contributed by atoms with van der Waals surface area (Å²) >= 11 is 1.45. The van der Waals surface area contributed by atoms with Gasteiger partial charge in [-0.3, -0.25) is 4.79 Å². The third-order valence-corrected chi connectivity index (χ3v) is 4.41. The number of ketones is 1.